The first-order valence-corrected chi connectivity index (χ1v) is 10.8. The van der Waals surface area contributed by atoms with Gasteiger partial charge in [0.25, 0.3) is 5.56 Å². The normalized spacial score (nSPS) is 13.5. The van der Waals surface area contributed by atoms with Crippen LogP contribution in [0.3, 0.4) is 0 Å². The lowest BCUT2D eigenvalue weighted by atomic mass is 9.97. The molecule has 0 radical (unpaired) electrons. The van der Waals surface area contributed by atoms with Crippen LogP contribution in [0, 0.1) is 17.1 Å². The minimum atomic E-state index is -0.441. The van der Waals surface area contributed by atoms with Crippen LogP contribution in [0.2, 0.25) is 0 Å². The van der Waals surface area contributed by atoms with Gasteiger partial charge in [-0.05, 0) is 49.8 Å². The van der Waals surface area contributed by atoms with Crippen molar-refractivity contribution in [3.63, 3.8) is 0 Å². The number of halogens is 1. The number of rotatable bonds is 5. The maximum Gasteiger partial charge on any atom is 0.267 e. The number of unbranched alkanes of at least 4 members (excludes halogenated alkanes) is 1. The number of nitrogens with zero attached hydrogens (tertiary/aromatic N) is 3. The summed E-state index contributed by atoms with van der Waals surface area (Å²) < 4.78 is 15.9. The van der Waals surface area contributed by atoms with Gasteiger partial charge in [0.2, 0.25) is 0 Å². The average Bonchev–Trinajstić information content (AvgIpc) is 3.05. The zero-order chi connectivity index (χ0) is 18.8. The van der Waals surface area contributed by atoms with E-state index < -0.39 is 5.82 Å². The molecule has 2 heterocycles. The van der Waals surface area contributed by atoms with Crippen LogP contribution in [-0.4, -0.2) is 15.3 Å². The molecular weight excluding hydrogens is 381 g/mol. The molecule has 1 aromatic carbocycles. The summed E-state index contributed by atoms with van der Waals surface area (Å²) in [6.07, 6.45) is 5.23. The Balaban J connectivity index is 1.91. The molecule has 0 amide bonds. The highest BCUT2D eigenvalue weighted by molar-refractivity contribution is 7.99. The van der Waals surface area contributed by atoms with E-state index in [2.05, 4.69) is 6.07 Å². The minimum Gasteiger partial charge on any atom is -0.268 e. The van der Waals surface area contributed by atoms with Crippen LogP contribution in [0.25, 0.3) is 15.9 Å². The molecule has 7 heteroatoms. The van der Waals surface area contributed by atoms with Crippen LogP contribution in [0.5, 0.6) is 0 Å². The third-order valence-corrected chi connectivity index (χ3v) is 6.93. The molecule has 0 spiro atoms. The molecule has 4 nitrogen and oxygen atoms in total. The van der Waals surface area contributed by atoms with Crippen LogP contribution in [0.4, 0.5) is 4.39 Å². The summed E-state index contributed by atoms with van der Waals surface area (Å²) in [5, 5.41) is 9.88. The van der Waals surface area contributed by atoms with Gasteiger partial charge in [0.05, 0.1) is 17.1 Å². The fraction of sp³-hybridized carbons (Fsp3) is 0.350. The quantitative estimate of drug-likeness (QED) is 0.349. The molecule has 0 bridgehead atoms. The molecular formula is C20H18FN3OS2. The number of nitriles is 1. The number of thiophene rings is 1. The van der Waals surface area contributed by atoms with E-state index in [-0.39, 0.29) is 11.2 Å². The second-order valence-corrected chi connectivity index (χ2v) is 8.63. The number of aromatic nitrogens is 2. The fourth-order valence-corrected chi connectivity index (χ4v) is 5.69. The van der Waals surface area contributed by atoms with E-state index in [0.717, 1.165) is 36.1 Å². The van der Waals surface area contributed by atoms with Crippen LogP contribution < -0.4 is 5.56 Å². The van der Waals surface area contributed by atoms with E-state index >= 15 is 0 Å². The van der Waals surface area contributed by atoms with E-state index in [1.807, 2.05) is 0 Å². The number of para-hydroxylation sites is 1. The molecule has 2 aromatic heterocycles. The van der Waals surface area contributed by atoms with E-state index in [4.69, 9.17) is 10.2 Å². The van der Waals surface area contributed by atoms with Gasteiger partial charge in [0.1, 0.15) is 10.6 Å². The van der Waals surface area contributed by atoms with Crippen molar-refractivity contribution in [2.24, 2.45) is 0 Å². The molecule has 0 atom stereocenters. The summed E-state index contributed by atoms with van der Waals surface area (Å²) in [6, 6.07) is 8.43. The smallest absolute Gasteiger partial charge is 0.267 e. The largest absolute Gasteiger partial charge is 0.268 e. The molecule has 1 aliphatic rings. The Morgan fingerprint density at radius 2 is 2.11 bits per heavy atom. The maximum atomic E-state index is 14.5. The highest BCUT2D eigenvalue weighted by Gasteiger charge is 2.23. The van der Waals surface area contributed by atoms with E-state index in [1.54, 1.807) is 29.5 Å². The van der Waals surface area contributed by atoms with Crippen molar-refractivity contribution >= 4 is 33.3 Å². The predicted octanol–water partition coefficient (Wildman–Crippen LogP) is 4.86. The second-order valence-electron chi connectivity index (χ2n) is 6.49. The molecule has 4 rings (SSSR count). The number of benzene rings is 1. The number of thioether (sulfide) groups is 1. The fourth-order valence-electron chi connectivity index (χ4n) is 3.44. The van der Waals surface area contributed by atoms with Crippen LogP contribution in [0.15, 0.2) is 34.2 Å². The first kappa shape index (κ1) is 18.2. The summed E-state index contributed by atoms with van der Waals surface area (Å²) in [7, 11) is 0. The lowest BCUT2D eigenvalue weighted by Gasteiger charge is -2.14. The maximum absolute atomic E-state index is 14.5. The Kier molecular flexibility index (Phi) is 5.28. The highest BCUT2D eigenvalue weighted by Crippen LogP contribution is 2.35. The topological polar surface area (TPSA) is 58.7 Å². The number of aryl methyl sites for hydroxylation is 2. The molecule has 0 aliphatic heterocycles. The Labute approximate surface area is 164 Å². The van der Waals surface area contributed by atoms with Crippen LogP contribution in [-0.2, 0) is 12.8 Å². The van der Waals surface area contributed by atoms with Crippen molar-refractivity contribution in [2.45, 2.75) is 43.7 Å². The summed E-state index contributed by atoms with van der Waals surface area (Å²) >= 11 is 3.00. The SMILES string of the molecule is N#CCCCSc1nc2sc3c(c2c(=O)n1-c1ccccc1F)CCCC3. The minimum absolute atomic E-state index is 0.188. The number of fused-ring (bicyclic) bond motifs is 3. The average molecular weight is 400 g/mol. The van der Waals surface area contributed by atoms with Crippen molar-refractivity contribution in [1.82, 2.24) is 9.55 Å². The van der Waals surface area contributed by atoms with Gasteiger partial charge in [-0.25, -0.2) is 9.37 Å². The lowest BCUT2D eigenvalue weighted by Crippen LogP contribution is -2.23. The first-order chi connectivity index (χ1) is 13.2. The Bertz CT molecular complexity index is 1100. The zero-order valence-corrected chi connectivity index (χ0v) is 16.3. The standard InChI is InChI=1S/C20H18FN3OS2/c21-14-8-2-3-9-15(14)24-19(25)17-13-7-1-4-10-16(13)27-18(17)23-20(24)26-12-6-5-11-22/h2-3,8-9H,1,4-7,10,12H2. The van der Waals surface area contributed by atoms with Crippen molar-refractivity contribution in [3.8, 4) is 11.8 Å². The van der Waals surface area contributed by atoms with E-state index in [1.165, 1.54) is 27.3 Å². The van der Waals surface area contributed by atoms with E-state index in [0.29, 0.717) is 29.1 Å². The summed E-state index contributed by atoms with van der Waals surface area (Å²) in [5.74, 6) is 0.217. The predicted molar refractivity (Wildman–Crippen MR) is 107 cm³/mol. The molecule has 27 heavy (non-hydrogen) atoms. The Morgan fingerprint density at radius 3 is 2.93 bits per heavy atom. The lowest BCUT2D eigenvalue weighted by molar-refractivity contribution is 0.608. The van der Waals surface area contributed by atoms with Crippen LogP contribution in [0.1, 0.15) is 36.1 Å². The zero-order valence-electron chi connectivity index (χ0n) is 14.7. The first-order valence-electron chi connectivity index (χ1n) is 9.02. The Morgan fingerprint density at radius 1 is 1.30 bits per heavy atom. The van der Waals surface area contributed by atoms with Crippen LogP contribution >= 0.6 is 23.1 Å². The second kappa shape index (κ2) is 7.83. The van der Waals surface area contributed by atoms with E-state index in [9.17, 15) is 9.18 Å². The third kappa shape index (κ3) is 3.40. The van der Waals surface area contributed by atoms with Gasteiger partial charge in [0, 0.05) is 17.1 Å². The third-order valence-electron chi connectivity index (χ3n) is 4.72. The van der Waals surface area contributed by atoms with Crippen molar-refractivity contribution in [3.05, 3.63) is 50.9 Å². The molecule has 1 aliphatic carbocycles. The molecule has 0 fully saturated rings. The monoisotopic (exact) mass is 399 g/mol. The molecule has 0 saturated heterocycles. The van der Waals surface area contributed by atoms with Crippen molar-refractivity contribution < 1.29 is 4.39 Å². The Hall–Kier alpha value is -2.17. The van der Waals surface area contributed by atoms with Gasteiger partial charge in [-0.3, -0.25) is 9.36 Å². The van der Waals surface area contributed by atoms with Gasteiger partial charge in [-0.1, -0.05) is 23.9 Å². The summed E-state index contributed by atoms with van der Waals surface area (Å²) in [4.78, 5) is 20.2. The van der Waals surface area contributed by atoms with Gasteiger partial charge < -0.3 is 0 Å². The summed E-state index contributed by atoms with van der Waals surface area (Å²) in [5.41, 5.74) is 1.15. The molecule has 138 valence electrons. The van der Waals surface area contributed by atoms with Gasteiger partial charge >= 0.3 is 0 Å². The molecule has 0 saturated carbocycles. The van der Waals surface area contributed by atoms with Gasteiger partial charge in [0.15, 0.2) is 5.16 Å². The van der Waals surface area contributed by atoms with Gasteiger partial charge in [-0.15, -0.1) is 11.3 Å². The molecule has 3 aromatic rings. The molecule has 0 N–H and O–H groups in total. The number of hydrogen-bond acceptors (Lipinski definition) is 5. The molecule has 0 unspecified atom stereocenters. The highest BCUT2D eigenvalue weighted by atomic mass is 32.2. The van der Waals surface area contributed by atoms with Crippen molar-refractivity contribution in [2.75, 3.05) is 5.75 Å². The van der Waals surface area contributed by atoms with Crippen molar-refractivity contribution in [1.29, 1.82) is 5.26 Å². The summed E-state index contributed by atoms with van der Waals surface area (Å²) in [6.45, 7) is 0. The number of hydrogen-bond donors (Lipinski definition) is 0. The van der Waals surface area contributed by atoms with Gasteiger partial charge in [-0.2, -0.15) is 5.26 Å².